The summed E-state index contributed by atoms with van der Waals surface area (Å²) in [6, 6.07) is -0.160. The molecule has 0 spiro atoms. The minimum atomic E-state index is -0.554. The van der Waals surface area contributed by atoms with E-state index >= 15 is 0 Å². The lowest BCUT2D eigenvalue weighted by molar-refractivity contribution is -0.134. The molecule has 3 aliphatic heterocycles. The fourth-order valence-electron chi connectivity index (χ4n) is 3.68. The third-order valence-corrected chi connectivity index (χ3v) is 5.89. The van der Waals surface area contributed by atoms with E-state index < -0.39 is 11.6 Å². The average molecular weight is 371 g/mol. The number of amides is 2. The molecule has 3 rings (SSSR count). The molecule has 0 aliphatic carbocycles. The van der Waals surface area contributed by atoms with Gasteiger partial charge in [0.15, 0.2) is 0 Å². The Kier molecular flexibility index (Phi) is 5.80. The van der Waals surface area contributed by atoms with Gasteiger partial charge in [0.2, 0.25) is 5.91 Å². The number of hydrogen-bond donors (Lipinski definition) is 1. The van der Waals surface area contributed by atoms with E-state index in [1.807, 2.05) is 25.7 Å². The van der Waals surface area contributed by atoms with Gasteiger partial charge in [-0.2, -0.15) is 0 Å². The summed E-state index contributed by atoms with van der Waals surface area (Å²) >= 11 is 1.77. The Morgan fingerprint density at radius 2 is 1.88 bits per heavy atom. The molecule has 3 heterocycles. The zero-order valence-corrected chi connectivity index (χ0v) is 16.3. The largest absolute Gasteiger partial charge is 0.444 e. The van der Waals surface area contributed by atoms with Crippen molar-refractivity contribution in [3.8, 4) is 0 Å². The van der Waals surface area contributed by atoms with Gasteiger partial charge in [0, 0.05) is 51.1 Å². The van der Waals surface area contributed by atoms with E-state index in [-0.39, 0.29) is 18.0 Å². The van der Waals surface area contributed by atoms with Crippen molar-refractivity contribution in [3.05, 3.63) is 0 Å². The van der Waals surface area contributed by atoms with Crippen molar-refractivity contribution in [1.82, 2.24) is 20.0 Å². The molecule has 0 radical (unpaired) electrons. The molecule has 0 saturated carbocycles. The van der Waals surface area contributed by atoms with Crippen molar-refractivity contribution in [3.63, 3.8) is 0 Å². The monoisotopic (exact) mass is 370 g/mol. The average Bonchev–Trinajstić information content (AvgIpc) is 3.23. The van der Waals surface area contributed by atoms with Gasteiger partial charge in [-0.05, 0) is 27.2 Å². The molecule has 1 N–H and O–H groups in total. The number of ether oxygens (including phenoxy) is 1. The Labute approximate surface area is 154 Å². The number of carbonyl (C=O) groups is 2. The molecule has 3 saturated heterocycles. The molecule has 2 atom stereocenters. The van der Waals surface area contributed by atoms with Crippen molar-refractivity contribution in [2.45, 2.75) is 44.9 Å². The highest BCUT2D eigenvalue weighted by molar-refractivity contribution is 7.99. The predicted molar refractivity (Wildman–Crippen MR) is 98.6 cm³/mol. The third kappa shape index (κ3) is 4.60. The van der Waals surface area contributed by atoms with Gasteiger partial charge in [0.25, 0.3) is 0 Å². The first-order chi connectivity index (χ1) is 11.8. The summed E-state index contributed by atoms with van der Waals surface area (Å²) in [6.45, 7) is 10.8. The number of nitrogens with zero attached hydrogens (tertiary/aromatic N) is 3. The molecule has 25 heavy (non-hydrogen) atoms. The standard InChI is InChI=1S/C17H30N4O3S/c1-17(2,3)24-16(23)21-11-13(19-6-4-18-5-7-19)10-14(21)15(22)20-8-9-25-12-20/h13-14,18H,4-12H2,1-3H3/t13-,14-/m0/s1. The van der Waals surface area contributed by atoms with Crippen LogP contribution >= 0.6 is 11.8 Å². The second-order valence-corrected chi connectivity index (χ2v) is 9.04. The fraction of sp³-hybridized carbons (Fsp3) is 0.882. The van der Waals surface area contributed by atoms with E-state index in [2.05, 4.69) is 10.2 Å². The van der Waals surface area contributed by atoms with Gasteiger partial charge in [-0.1, -0.05) is 0 Å². The smallest absolute Gasteiger partial charge is 0.411 e. The minimum absolute atomic E-state index is 0.0773. The lowest BCUT2D eigenvalue weighted by Gasteiger charge is -2.32. The normalized spacial score (nSPS) is 28.4. The van der Waals surface area contributed by atoms with Crippen molar-refractivity contribution < 1.29 is 14.3 Å². The Hall–Kier alpha value is -0.990. The zero-order valence-electron chi connectivity index (χ0n) is 15.5. The van der Waals surface area contributed by atoms with E-state index in [1.54, 1.807) is 16.7 Å². The highest BCUT2D eigenvalue weighted by Gasteiger charge is 2.45. The van der Waals surface area contributed by atoms with E-state index in [0.29, 0.717) is 13.0 Å². The highest BCUT2D eigenvalue weighted by atomic mass is 32.2. The summed E-state index contributed by atoms with van der Waals surface area (Å²) in [5, 5.41) is 3.36. The van der Waals surface area contributed by atoms with Crippen molar-refractivity contribution in [1.29, 1.82) is 0 Å². The maximum atomic E-state index is 13.0. The molecule has 0 unspecified atom stereocenters. The first-order valence-corrected chi connectivity index (χ1v) is 10.3. The van der Waals surface area contributed by atoms with Crippen LogP contribution in [-0.4, -0.2) is 95.3 Å². The maximum Gasteiger partial charge on any atom is 0.411 e. The summed E-state index contributed by atoms with van der Waals surface area (Å²) in [6.07, 6.45) is 0.342. The van der Waals surface area contributed by atoms with Crippen LogP contribution in [0.1, 0.15) is 27.2 Å². The Morgan fingerprint density at radius 1 is 1.16 bits per heavy atom. The molecule has 7 nitrogen and oxygen atoms in total. The molecular formula is C17H30N4O3S. The van der Waals surface area contributed by atoms with Crippen LogP contribution in [0.15, 0.2) is 0 Å². The molecule has 0 aromatic rings. The number of rotatable bonds is 2. The Bertz CT molecular complexity index is 499. The summed E-state index contributed by atoms with van der Waals surface area (Å²) in [4.78, 5) is 31.7. The highest BCUT2D eigenvalue weighted by Crippen LogP contribution is 2.28. The van der Waals surface area contributed by atoms with Gasteiger partial charge in [0.1, 0.15) is 11.6 Å². The lowest BCUT2D eigenvalue weighted by Crippen LogP contribution is -2.49. The van der Waals surface area contributed by atoms with Gasteiger partial charge >= 0.3 is 6.09 Å². The van der Waals surface area contributed by atoms with Crippen LogP contribution in [0.3, 0.4) is 0 Å². The van der Waals surface area contributed by atoms with Crippen molar-refractivity contribution in [2.75, 3.05) is 50.9 Å². The first-order valence-electron chi connectivity index (χ1n) is 9.16. The van der Waals surface area contributed by atoms with Crippen LogP contribution in [0, 0.1) is 0 Å². The summed E-state index contributed by atoms with van der Waals surface area (Å²) < 4.78 is 5.58. The quantitative estimate of drug-likeness (QED) is 0.776. The van der Waals surface area contributed by atoms with Crippen molar-refractivity contribution >= 4 is 23.8 Å². The number of nitrogens with one attached hydrogen (secondary N) is 1. The number of piperazine rings is 1. The third-order valence-electron chi connectivity index (χ3n) is 4.92. The first kappa shape index (κ1) is 18.8. The SMILES string of the molecule is CC(C)(C)OC(=O)N1C[C@@H](N2CCNCC2)C[C@H]1C(=O)N1CCSC1. The minimum Gasteiger partial charge on any atom is -0.444 e. The molecule has 0 bridgehead atoms. The molecule has 0 aromatic carbocycles. The summed E-state index contributed by atoms with van der Waals surface area (Å²) in [5.41, 5.74) is -0.554. The van der Waals surface area contributed by atoms with Gasteiger partial charge in [-0.15, -0.1) is 11.8 Å². The predicted octanol–water partition coefficient (Wildman–Crippen LogP) is 0.803. The van der Waals surface area contributed by atoms with Gasteiger partial charge in [-0.25, -0.2) is 4.79 Å². The van der Waals surface area contributed by atoms with Crippen LogP contribution < -0.4 is 5.32 Å². The number of carbonyl (C=O) groups excluding carboxylic acids is 2. The maximum absolute atomic E-state index is 13.0. The molecule has 3 fully saturated rings. The molecule has 3 aliphatic rings. The van der Waals surface area contributed by atoms with Crippen LogP contribution in [0.4, 0.5) is 4.79 Å². The van der Waals surface area contributed by atoms with Gasteiger partial charge < -0.3 is 15.0 Å². The number of thioether (sulfide) groups is 1. The van der Waals surface area contributed by atoms with Crippen LogP contribution in [0.5, 0.6) is 0 Å². The molecular weight excluding hydrogens is 340 g/mol. The lowest BCUT2D eigenvalue weighted by atomic mass is 10.1. The van der Waals surface area contributed by atoms with Crippen molar-refractivity contribution in [2.24, 2.45) is 0 Å². The summed E-state index contributed by atoms with van der Waals surface area (Å²) in [5.74, 6) is 1.79. The molecule has 142 valence electrons. The number of likely N-dealkylation sites (tertiary alicyclic amines) is 1. The topological polar surface area (TPSA) is 65.1 Å². The Morgan fingerprint density at radius 3 is 2.48 bits per heavy atom. The zero-order chi connectivity index (χ0) is 18.0. The Balaban J connectivity index is 1.73. The van der Waals surface area contributed by atoms with Crippen LogP contribution in [-0.2, 0) is 9.53 Å². The molecule has 2 amide bonds. The second kappa shape index (κ2) is 7.72. The second-order valence-electron chi connectivity index (χ2n) is 7.96. The molecule has 0 aromatic heterocycles. The molecule has 8 heteroatoms. The van der Waals surface area contributed by atoms with Crippen LogP contribution in [0.2, 0.25) is 0 Å². The number of hydrogen-bond acceptors (Lipinski definition) is 6. The van der Waals surface area contributed by atoms with E-state index in [1.165, 1.54) is 0 Å². The van der Waals surface area contributed by atoms with E-state index in [9.17, 15) is 9.59 Å². The van der Waals surface area contributed by atoms with E-state index in [4.69, 9.17) is 4.74 Å². The fourth-order valence-corrected chi connectivity index (χ4v) is 4.64. The van der Waals surface area contributed by atoms with Gasteiger partial charge in [0.05, 0.1) is 5.88 Å². The summed E-state index contributed by atoms with van der Waals surface area (Å²) in [7, 11) is 0. The van der Waals surface area contributed by atoms with Gasteiger partial charge in [-0.3, -0.25) is 14.6 Å². The van der Waals surface area contributed by atoms with Crippen LogP contribution in [0.25, 0.3) is 0 Å². The van der Waals surface area contributed by atoms with E-state index in [0.717, 1.165) is 44.4 Å².